The summed E-state index contributed by atoms with van der Waals surface area (Å²) in [6.45, 7) is 1.26. The Balaban J connectivity index is 1.62. The third kappa shape index (κ3) is 3.57. The standard InChI is InChI=1S/C21H28N4O2/c1-23-21(27)25(15-16-9-4-2-5-10-16)19(22-23)18-13-8-14-24(18)20(26)17-11-6-3-7-12-17/h2,4-5,9-10,17-18H,3,6-8,11-15H2,1H3. The predicted octanol–water partition coefficient (Wildman–Crippen LogP) is 2.87. The monoisotopic (exact) mass is 368 g/mol. The molecule has 0 radical (unpaired) electrons. The number of likely N-dealkylation sites (tertiary alicyclic amines) is 1. The molecule has 2 heterocycles. The van der Waals surface area contributed by atoms with Crippen LogP contribution in [0.3, 0.4) is 0 Å². The maximum Gasteiger partial charge on any atom is 0.346 e. The van der Waals surface area contributed by atoms with Gasteiger partial charge < -0.3 is 4.90 Å². The van der Waals surface area contributed by atoms with E-state index >= 15 is 0 Å². The zero-order valence-electron chi connectivity index (χ0n) is 16.0. The first kappa shape index (κ1) is 18.0. The van der Waals surface area contributed by atoms with Gasteiger partial charge in [-0.3, -0.25) is 9.36 Å². The second kappa shape index (κ2) is 7.71. The lowest BCUT2D eigenvalue weighted by atomic mass is 9.88. The molecule has 1 unspecified atom stereocenters. The van der Waals surface area contributed by atoms with Crippen LogP contribution in [0.25, 0.3) is 0 Å². The van der Waals surface area contributed by atoms with Crippen LogP contribution in [0.2, 0.25) is 0 Å². The molecule has 2 fully saturated rings. The van der Waals surface area contributed by atoms with Crippen LogP contribution in [0, 0.1) is 5.92 Å². The number of hydrogen-bond donors (Lipinski definition) is 0. The van der Waals surface area contributed by atoms with Crippen LogP contribution in [0.5, 0.6) is 0 Å². The summed E-state index contributed by atoms with van der Waals surface area (Å²) >= 11 is 0. The highest BCUT2D eigenvalue weighted by Gasteiger charge is 2.37. The Hall–Kier alpha value is -2.37. The topological polar surface area (TPSA) is 60.1 Å². The molecule has 144 valence electrons. The fraction of sp³-hybridized carbons (Fsp3) is 0.571. The molecular formula is C21H28N4O2. The van der Waals surface area contributed by atoms with Crippen LogP contribution >= 0.6 is 0 Å². The molecule has 6 heteroatoms. The van der Waals surface area contributed by atoms with Crippen molar-refractivity contribution in [2.75, 3.05) is 6.54 Å². The van der Waals surface area contributed by atoms with E-state index in [-0.39, 0.29) is 23.6 Å². The minimum atomic E-state index is -0.120. The molecule has 27 heavy (non-hydrogen) atoms. The van der Waals surface area contributed by atoms with E-state index in [0.717, 1.165) is 56.5 Å². The highest BCUT2D eigenvalue weighted by atomic mass is 16.2. The zero-order valence-corrected chi connectivity index (χ0v) is 16.0. The number of carbonyl (C=O) groups is 1. The number of carbonyl (C=O) groups excluding carboxylic acids is 1. The lowest BCUT2D eigenvalue weighted by Crippen LogP contribution is -2.38. The molecule has 1 aliphatic carbocycles. The maximum absolute atomic E-state index is 13.1. The molecule has 1 aromatic heterocycles. The number of rotatable bonds is 4. The van der Waals surface area contributed by atoms with Gasteiger partial charge in [-0.1, -0.05) is 49.6 Å². The molecule has 1 saturated carbocycles. The number of amides is 1. The molecule has 1 amide bonds. The quantitative estimate of drug-likeness (QED) is 0.834. The van der Waals surface area contributed by atoms with Gasteiger partial charge >= 0.3 is 5.69 Å². The highest BCUT2D eigenvalue weighted by molar-refractivity contribution is 5.79. The summed E-state index contributed by atoms with van der Waals surface area (Å²) in [6.07, 6.45) is 7.39. The summed E-state index contributed by atoms with van der Waals surface area (Å²) in [7, 11) is 1.69. The Labute approximate surface area is 159 Å². The van der Waals surface area contributed by atoms with E-state index in [2.05, 4.69) is 5.10 Å². The van der Waals surface area contributed by atoms with Gasteiger partial charge in [0.2, 0.25) is 5.91 Å². The zero-order chi connectivity index (χ0) is 18.8. The normalized spacial score (nSPS) is 20.9. The van der Waals surface area contributed by atoms with Gasteiger partial charge in [-0.25, -0.2) is 9.48 Å². The number of benzene rings is 1. The lowest BCUT2D eigenvalue weighted by Gasteiger charge is -2.30. The lowest BCUT2D eigenvalue weighted by molar-refractivity contribution is -0.137. The summed E-state index contributed by atoms with van der Waals surface area (Å²) in [5.41, 5.74) is 0.947. The third-order valence-corrected chi connectivity index (χ3v) is 6.01. The Bertz CT molecular complexity index is 849. The maximum atomic E-state index is 13.1. The number of nitrogens with zero attached hydrogens (tertiary/aromatic N) is 4. The first-order valence-corrected chi connectivity index (χ1v) is 10.1. The van der Waals surface area contributed by atoms with Crippen molar-refractivity contribution in [2.45, 2.75) is 57.5 Å². The predicted molar refractivity (Wildman–Crippen MR) is 103 cm³/mol. The Kier molecular flexibility index (Phi) is 5.14. The van der Waals surface area contributed by atoms with Crippen molar-refractivity contribution in [1.82, 2.24) is 19.2 Å². The number of hydrogen-bond acceptors (Lipinski definition) is 3. The van der Waals surface area contributed by atoms with E-state index in [0.29, 0.717) is 6.54 Å². The van der Waals surface area contributed by atoms with Crippen molar-refractivity contribution >= 4 is 5.91 Å². The molecular weight excluding hydrogens is 340 g/mol. The smallest absolute Gasteiger partial charge is 0.332 e. The van der Waals surface area contributed by atoms with E-state index in [1.165, 1.54) is 11.1 Å². The summed E-state index contributed by atoms with van der Waals surface area (Å²) < 4.78 is 3.15. The van der Waals surface area contributed by atoms with Crippen LogP contribution in [-0.4, -0.2) is 31.7 Å². The van der Waals surface area contributed by atoms with Crippen molar-refractivity contribution in [3.8, 4) is 0 Å². The second-order valence-corrected chi connectivity index (χ2v) is 7.86. The fourth-order valence-corrected chi connectivity index (χ4v) is 4.57. The summed E-state index contributed by atoms with van der Waals surface area (Å²) in [5, 5.41) is 4.54. The molecule has 6 nitrogen and oxygen atoms in total. The van der Waals surface area contributed by atoms with Gasteiger partial charge in [-0.15, -0.1) is 0 Å². The first-order valence-electron chi connectivity index (χ1n) is 10.1. The van der Waals surface area contributed by atoms with Crippen molar-refractivity contribution < 1.29 is 4.79 Å². The van der Waals surface area contributed by atoms with Gasteiger partial charge in [0.05, 0.1) is 12.6 Å². The Morgan fingerprint density at radius 1 is 1.07 bits per heavy atom. The summed E-state index contributed by atoms with van der Waals surface area (Å²) in [5.74, 6) is 1.15. The van der Waals surface area contributed by atoms with Crippen LogP contribution in [0.4, 0.5) is 0 Å². The molecule has 2 aliphatic rings. The SMILES string of the molecule is Cn1nc(C2CCCN2C(=O)C2CCCCC2)n(Cc2ccccc2)c1=O. The highest BCUT2D eigenvalue weighted by Crippen LogP contribution is 2.35. The van der Waals surface area contributed by atoms with E-state index in [1.807, 2.05) is 35.2 Å². The van der Waals surface area contributed by atoms with Gasteiger partial charge in [0.1, 0.15) is 0 Å². The van der Waals surface area contributed by atoms with E-state index in [9.17, 15) is 9.59 Å². The third-order valence-electron chi connectivity index (χ3n) is 6.01. The molecule has 1 saturated heterocycles. The van der Waals surface area contributed by atoms with Crippen molar-refractivity contribution in [2.24, 2.45) is 13.0 Å². The summed E-state index contributed by atoms with van der Waals surface area (Å²) in [4.78, 5) is 27.8. The molecule has 1 atom stereocenters. The molecule has 4 rings (SSSR count). The van der Waals surface area contributed by atoms with Crippen molar-refractivity contribution in [3.63, 3.8) is 0 Å². The van der Waals surface area contributed by atoms with Gasteiger partial charge in [-0.2, -0.15) is 5.10 Å². The number of aromatic nitrogens is 3. The Morgan fingerprint density at radius 2 is 1.81 bits per heavy atom. The first-order chi connectivity index (χ1) is 13.1. The average Bonchev–Trinajstić information content (AvgIpc) is 3.29. The van der Waals surface area contributed by atoms with Crippen LogP contribution in [0.1, 0.15) is 62.4 Å². The second-order valence-electron chi connectivity index (χ2n) is 7.86. The minimum absolute atomic E-state index is 0.0861. The Morgan fingerprint density at radius 3 is 2.56 bits per heavy atom. The van der Waals surface area contributed by atoms with Crippen molar-refractivity contribution in [3.05, 3.63) is 52.2 Å². The van der Waals surface area contributed by atoms with Crippen molar-refractivity contribution in [1.29, 1.82) is 0 Å². The number of aryl methyl sites for hydroxylation is 1. The molecule has 0 spiro atoms. The fourth-order valence-electron chi connectivity index (χ4n) is 4.57. The largest absolute Gasteiger partial charge is 0.346 e. The van der Waals surface area contributed by atoms with E-state index in [1.54, 1.807) is 11.6 Å². The van der Waals surface area contributed by atoms with E-state index in [4.69, 9.17) is 0 Å². The molecule has 0 N–H and O–H groups in total. The van der Waals surface area contributed by atoms with Gasteiger partial charge in [0.25, 0.3) is 0 Å². The van der Waals surface area contributed by atoms with Crippen LogP contribution in [0.15, 0.2) is 35.1 Å². The van der Waals surface area contributed by atoms with Crippen LogP contribution < -0.4 is 5.69 Å². The molecule has 1 aromatic carbocycles. The van der Waals surface area contributed by atoms with Crippen LogP contribution in [-0.2, 0) is 18.4 Å². The molecule has 1 aliphatic heterocycles. The minimum Gasteiger partial charge on any atom is -0.332 e. The average molecular weight is 368 g/mol. The molecule has 0 bridgehead atoms. The summed E-state index contributed by atoms with van der Waals surface area (Å²) in [6, 6.07) is 9.87. The van der Waals surface area contributed by atoms with Gasteiger partial charge in [0, 0.05) is 19.5 Å². The van der Waals surface area contributed by atoms with Gasteiger partial charge in [-0.05, 0) is 31.2 Å². The molecule has 2 aromatic rings. The van der Waals surface area contributed by atoms with Gasteiger partial charge in [0.15, 0.2) is 5.82 Å². The van der Waals surface area contributed by atoms with E-state index < -0.39 is 0 Å².